The predicted molar refractivity (Wildman–Crippen MR) is 129 cm³/mol. The first-order valence-corrected chi connectivity index (χ1v) is 11.7. The van der Waals surface area contributed by atoms with Crippen LogP contribution >= 0.6 is 0 Å². The van der Waals surface area contributed by atoms with Gasteiger partial charge in [-0.25, -0.2) is 0 Å². The van der Waals surface area contributed by atoms with Crippen LogP contribution < -0.4 is 5.46 Å². The largest absolute Gasteiger partial charge is 0.494 e. The summed E-state index contributed by atoms with van der Waals surface area (Å²) in [6.07, 6.45) is 7.91. The lowest BCUT2D eigenvalue weighted by molar-refractivity contribution is 0.00578. The highest BCUT2D eigenvalue weighted by atomic mass is 16.7. The maximum Gasteiger partial charge on any atom is 0.494 e. The number of aryl methyl sites for hydroxylation is 1. The average Bonchev–Trinajstić information content (AvgIpc) is 3.14. The van der Waals surface area contributed by atoms with Crippen molar-refractivity contribution >= 4 is 34.4 Å². The second kappa shape index (κ2) is 8.40. The number of aromatic nitrogens is 1. The minimum Gasteiger partial charge on any atom is -0.399 e. The second-order valence-electron chi connectivity index (χ2n) is 9.80. The highest BCUT2D eigenvalue weighted by Crippen LogP contribution is 2.37. The molecule has 0 amide bonds. The fraction of sp³-hybridized carbons (Fsp3) is 0.538. The van der Waals surface area contributed by atoms with Crippen molar-refractivity contribution in [2.45, 2.75) is 90.9 Å². The lowest BCUT2D eigenvalue weighted by Gasteiger charge is -2.32. The summed E-state index contributed by atoms with van der Waals surface area (Å²) >= 11 is 0. The van der Waals surface area contributed by atoms with Crippen LogP contribution in [0.25, 0.3) is 21.8 Å². The van der Waals surface area contributed by atoms with Crippen molar-refractivity contribution < 1.29 is 9.31 Å². The van der Waals surface area contributed by atoms with Crippen molar-refractivity contribution in [1.82, 2.24) is 4.57 Å². The first-order chi connectivity index (χ1) is 14.3. The van der Waals surface area contributed by atoms with Crippen LogP contribution in [-0.2, 0) is 15.9 Å². The molecule has 160 valence electrons. The van der Waals surface area contributed by atoms with Gasteiger partial charge in [-0.1, -0.05) is 69.4 Å². The number of hydrogen-bond acceptors (Lipinski definition) is 2. The van der Waals surface area contributed by atoms with Gasteiger partial charge >= 0.3 is 7.12 Å². The first-order valence-electron chi connectivity index (χ1n) is 11.7. The third-order valence-corrected chi connectivity index (χ3v) is 7.06. The molecule has 2 heterocycles. The number of para-hydroxylation sites is 1. The molecule has 0 aliphatic carbocycles. The minimum absolute atomic E-state index is 0.319. The summed E-state index contributed by atoms with van der Waals surface area (Å²) in [6.45, 7) is 11.8. The van der Waals surface area contributed by atoms with Crippen molar-refractivity contribution in [3.63, 3.8) is 0 Å². The van der Waals surface area contributed by atoms with Gasteiger partial charge in [-0.3, -0.25) is 0 Å². The topological polar surface area (TPSA) is 23.4 Å². The maximum absolute atomic E-state index is 6.30. The van der Waals surface area contributed by atoms with E-state index in [1.54, 1.807) is 0 Å². The summed E-state index contributed by atoms with van der Waals surface area (Å²) in [6, 6.07) is 15.5. The number of fused-ring (bicyclic) bond motifs is 3. The van der Waals surface area contributed by atoms with E-state index in [2.05, 4.69) is 81.7 Å². The molecule has 4 heteroatoms. The van der Waals surface area contributed by atoms with E-state index in [1.165, 1.54) is 60.3 Å². The summed E-state index contributed by atoms with van der Waals surface area (Å²) in [5.74, 6) is 0. The van der Waals surface area contributed by atoms with E-state index >= 15 is 0 Å². The molecule has 0 atom stereocenters. The van der Waals surface area contributed by atoms with Crippen molar-refractivity contribution in [1.29, 1.82) is 0 Å². The van der Waals surface area contributed by atoms with Crippen LogP contribution in [0.2, 0.25) is 0 Å². The van der Waals surface area contributed by atoms with Gasteiger partial charge in [0.2, 0.25) is 0 Å². The Kier molecular flexibility index (Phi) is 6.00. The zero-order valence-corrected chi connectivity index (χ0v) is 19.3. The number of benzene rings is 2. The van der Waals surface area contributed by atoms with Crippen LogP contribution in [0.15, 0.2) is 42.5 Å². The molecule has 0 bridgehead atoms. The quantitative estimate of drug-likeness (QED) is 0.317. The summed E-state index contributed by atoms with van der Waals surface area (Å²) < 4.78 is 15.1. The van der Waals surface area contributed by atoms with Crippen LogP contribution in [0.3, 0.4) is 0 Å². The lowest BCUT2D eigenvalue weighted by atomic mass is 9.78. The Morgan fingerprint density at radius 1 is 0.767 bits per heavy atom. The van der Waals surface area contributed by atoms with E-state index in [0.717, 1.165) is 12.0 Å². The minimum atomic E-state index is -0.321. The van der Waals surface area contributed by atoms with Crippen LogP contribution in [0.5, 0.6) is 0 Å². The first kappa shape index (κ1) is 21.5. The number of unbranched alkanes of at least 4 members (excludes halogenated alkanes) is 5. The molecular weight excluding hydrogens is 369 g/mol. The lowest BCUT2D eigenvalue weighted by Crippen LogP contribution is -2.41. The summed E-state index contributed by atoms with van der Waals surface area (Å²) in [5, 5.41) is 2.61. The average molecular weight is 405 g/mol. The predicted octanol–water partition coefficient (Wildman–Crippen LogP) is 6.45. The summed E-state index contributed by atoms with van der Waals surface area (Å²) in [4.78, 5) is 0. The van der Waals surface area contributed by atoms with Gasteiger partial charge in [0.1, 0.15) is 0 Å². The van der Waals surface area contributed by atoms with Crippen molar-refractivity contribution in [3.05, 3.63) is 42.5 Å². The zero-order chi connectivity index (χ0) is 21.4. The molecule has 0 N–H and O–H groups in total. The van der Waals surface area contributed by atoms with Crippen LogP contribution in [0.4, 0.5) is 0 Å². The smallest absolute Gasteiger partial charge is 0.399 e. The Balaban J connectivity index is 1.62. The molecule has 1 aliphatic heterocycles. The van der Waals surface area contributed by atoms with Crippen LogP contribution in [0, 0.1) is 0 Å². The molecule has 30 heavy (non-hydrogen) atoms. The van der Waals surface area contributed by atoms with Gasteiger partial charge in [0.25, 0.3) is 0 Å². The molecule has 0 spiro atoms. The molecule has 0 saturated carbocycles. The standard InChI is InChI=1S/C26H36BNO2/c1-6-7-8-9-10-13-18-28-23-15-12-11-14-21(23)22-19-20(16-17-24(22)28)27-29-25(2,3)26(4,5)30-27/h11-12,14-17,19H,6-10,13,18H2,1-5H3. The molecule has 0 radical (unpaired) electrons. The third-order valence-electron chi connectivity index (χ3n) is 7.06. The van der Waals surface area contributed by atoms with Crippen molar-refractivity contribution in [2.75, 3.05) is 0 Å². The maximum atomic E-state index is 6.30. The number of hydrogen-bond donors (Lipinski definition) is 0. The van der Waals surface area contributed by atoms with Crippen LogP contribution in [-0.4, -0.2) is 22.9 Å². The molecule has 2 aromatic carbocycles. The third kappa shape index (κ3) is 3.92. The molecule has 1 aromatic heterocycles. The van der Waals surface area contributed by atoms with Gasteiger partial charge in [0, 0.05) is 28.4 Å². The second-order valence-corrected chi connectivity index (χ2v) is 9.80. The van der Waals surface area contributed by atoms with Crippen LogP contribution in [0.1, 0.15) is 73.1 Å². The van der Waals surface area contributed by atoms with E-state index in [0.29, 0.717) is 0 Å². The number of rotatable bonds is 8. The van der Waals surface area contributed by atoms with E-state index in [9.17, 15) is 0 Å². The molecule has 1 fully saturated rings. The monoisotopic (exact) mass is 405 g/mol. The molecule has 3 aromatic rings. The Bertz CT molecular complexity index is 1000. The van der Waals surface area contributed by atoms with Gasteiger partial charge in [0.15, 0.2) is 0 Å². The van der Waals surface area contributed by atoms with E-state index in [1.807, 2.05) is 0 Å². The molecule has 1 saturated heterocycles. The van der Waals surface area contributed by atoms with Gasteiger partial charge in [0.05, 0.1) is 11.2 Å². The molecule has 0 unspecified atom stereocenters. The Hall–Kier alpha value is -1.78. The Morgan fingerprint density at radius 3 is 2.13 bits per heavy atom. The molecular formula is C26H36BNO2. The van der Waals surface area contributed by atoms with E-state index in [4.69, 9.17) is 9.31 Å². The Labute approximate surface area is 181 Å². The fourth-order valence-electron chi connectivity index (χ4n) is 4.49. The summed E-state index contributed by atoms with van der Waals surface area (Å²) in [7, 11) is -0.319. The molecule has 1 aliphatic rings. The number of nitrogens with zero attached hydrogens (tertiary/aromatic N) is 1. The highest BCUT2D eigenvalue weighted by molar-refractivity contribution is 6.62. The Morgan fingerprint density at radius 2 is 1.40 bits per heavy atom. The SMILES string of the molecule is CCCCCCCCn1c2ccccc2c2cc(B3OC(C)(C)C(C)(C)O3)ccc21. The molecule has 4 rings (SSSR count). The van der Waals surface area contributed by atoms with Crippen molar-refractivity contribution in [3.8, 4) is 0 Å². The van der Waals surface area contributed by atoms with E-state index < -0.39 is 0 Å². The van der Waals surface area contributed by atoms with Gasteiger partial charge < -0.3 is 13.9 Å². The van der Waals surface area contributed by atoms with Gasteiger partial charge in [-0.05, 0) is 51.7 Å². The fourth-order valence-corrected chi connectivity index (χ4v) is 4.49. The van der Waals surface area contributed by atoms with E-state index in [-0.39, 0.29) is 18.3 Å². The van der Waals surface area contributed by atoms with Gasteiger partial charge in [-0.15, -0.1) is 0 Å². The van der Waals surface area contributed by atoms with Gasteiger partial charge in [-0.2, -0.15) is 0 Å². The highest BCUT2D eigenvalue weighted by Gasteiger charge is 2.51. The summed E-state index contributed by atoms with van der Waals surface area (Å²) in [5.41, 5.74) is 3.09. The normalized spacial score (nSPS) is 18.0. The zero-order valence-electron chi connectivity index (χ0n) is 19.3. The molecule has 3 nitrogen and oxygen atoms in total. The van der Waals surface area contributed by atoms with Crippen molar-refractivity contribution in [2.24, 2.45) is 0 Å².